The van der Waals surface area contributed by atoms with Crippen LogP contribution in [0.3, 0.4) is 0 Å². The first kappa shape index (κ1) is 23.4. The third-order valence-corrected chi connectivity index (χ3v) is 6.38. The highest BCUT2D eigenvalue weighted by Gasteiger charge is 2.38. The Labute approximate surface area is 210 Å². The summed E-state index contributed by atoms with van der Waals surface area (Å²) in [5.74, 6) is -1.26. The van der Waals surface area contributed by atoms with Crippen LogP contribution in [0.2, 0.25) is 5.02 Å². The Balaban J connectivity index is 1.54. The molecule has 3 aromatic carbocycles. The van der Waals surface area contributed by atoms with E-state index in [0.717, 1.165) is 4.90 Å². The molecule has 0 spiro atoms. The molecule has 0 fully saturated rings. The van der Waals surface area contributed by atoms with E-state index in [1.165, 1.54) is 24.3 Å². The molecule has 10 heteroatoms. The molecule has 3 aromatic rings. The number of nitrogens with zero attached hydrogens (tertiary/aromatic N) is 4. The number of rotatable bonds is 5. The summed E-state index contributed by atoms with van der Waals surface area (Å²) in [7, 11) is 0. The number of carbonyl (C=O) groups is 3. The second-order valence-corrected chi connectivity index (χ2v) is 8.92. The number of non-ortho nitro benzene ring substituents is 1. The van der Waals surface area contributed by atoms with E-state index in [1.54, 1.807) is 42.2 Å². The van der Waals surface area contributed by atoms with Gasteiger partial charge in [0.15, 0.2) is 0 Å². The molecule has 0 saturated carbocycles. The summed E-state index contributed by atoms with van der Waals surface area (Å²) in [6.45, 7) is 4.11. The molecule has 0 saturated heterocycles. The van der Waals surface area contributed by atoms with Crippen molar-refractivity contribution in [1.82, 2.24) is 0 Å². The number of nitro benzene ring substituents is 1. The van der Waals surface area contributed by atoms with Gasteiger partial charge in [-0.25, -0.2) is 9.89 Å². The number of aliphatic imine (C=N–C) groups is 1. The van der Waals surface area contributed by atoms with Crippen LogP contribution in [0.15, 0.2) is 59.6 Å². The number of halogens is 1. The van der Waals surface area contributed by atoms with Crippen LogP contribution in [0, 0.1) is 17.0 Å². The van der Waals surface area contributed by atoms with Gasteiger partial charge in [-0.3, -0.25) is 24.5 Å². The third-order valence-electron chi connectivity index (χ3n) is 6.14. The molecule has 9 nitrogen and oxygen atoms in total. The lowest BCUT2D eigenvalue weighted by atomic mass is 10.1. The number of benzene rings is 3. The van der Waals surface area contributed by atoms with Crippen LogP contribution < -0.4 is 9.80 Å². The van der Waals surface area contributed by atoms with Crippen LogP contribution in [0.1, 0.15) is 45.2 Å². The second-order valence-electron chi connectivity index (χ2n) is 8.48. The van der Waals surface area contributed by atoms with E-state index < -0.39 is 16.7 Å². The molecule has 0 unspecified atom stereocenters. The highest BCUT2D eigenvalue weighted by molar-refractivity contribution is 6.54. The van der Waals surface area contributed by atoms with E-state index in [9.17, 15) is 24.5 Å². The van der Waals surface area contributed by atoms with E-state index >= 15 is 0 Å². The molecule has 2 heterocycles. The maximum Gasteiger partial charge on any atom is 0.277 e. The number of hydrogen-bond acceptors (Lipinski definition) is 6. The van der Waals surface area contributed by atoms with E-state index in [-0.39, 0.29) is 28.4 Å². The van der Waals surface area contributed by atoms with Crippen molar-refractivity contribution in [2.75, 3.05) is 16.3 Å². The van der Waals surface area contributed by atoms with Gasteiger partial charge in [0.05, 0.1) is 33.1 Å². The smallest absolute Gasteiger partial charge is 0.277 e. The summed E-state index contributed by atoms with van der Waals surface area (Å²) in [4.78, 5) is 57.0. The Morgan fingerprint density at radius 3 is 2.31 bits per heavy atom. The maximum atomic E-state index is 13.2. The summed E-state index contributed by atoms with van der Waals surface area (Å²) in [5.41, 5.74) is 2.84. The predicted molar refractivity (Wildman–Crippen MR) is 136 cm³/mol. The Morgan fingerprint density at radius 2 is 1.61 bits per heavy atom. The lowest BCUT2D eigenvalue weighted by molar-refractivity contribution is -0.384. The fraction of sp³-hybridized carbons (Fsp3) is 0.154. The summed E-state index contributed by atoms with van der Waals surface area (Å²) >= 11 is 6.00. The Morgan fingerprint density at radius 1 is 0.889 bits per heavy atom. The minimum Gasteiger partial charge on any atom is -0.306 e. The Kier molecular flexibility index (Phi) is 5.64. The van der Waals surface area contributed by atoms with Gasteiger partial charge in [-0.1, -0.05) is 18.5 Å². The fourth-order valence-electron chi connectivity index (χ4n) is 4.49. The largest absolute Gasteiger partial charge is 0.306 e. The fourth-order valence-corrected chi connectivity index (χ4v) is 4.66. The van der Waals surface area contributed by atoms with E-state index in [1.807, 2.05) is 6.92 Å². The van der Waals surface area contributed by atoms with Crippen molar-refractivity contribution in [2.45, 2.75) is 20.3 Å². The molecule has 0 aliphatic carbocycles. The van der Waals surface area contributed by atoms with Gasteiger partial charge in [0.1, 0.15) is 5.71 Å². The number of anilines is 2. The summed E-state index contributed by atoms with van der Waals surface area (Å²) in [6.07, 6.45) is 0.703. The van der Waals surface area contributed by atoms with Crippen molar-refractivity contribution < 1.29 is 19.3 Å². The topological polar surface area (TPSA) is 113 Å². The normalized spacial score (nSPS) is 15.6. The van der Waals surface area contributed by atoms with Crippen molar-refractivity contribution in [1.29, 1.82) is 0 Å². The van der Waals surface area contributed by atoms with E-state index in [0.29, 0.717) is 46.2 Å². The lowest BCUT2D eigenvalue weighted by Gasteiger charge is -2.17. The second kappa shape index (κ2) is 8.69. The highest BCUT2D eigenvalue weighted by Crippen LogP contribution is 2.36. The highest BCUT2D eigenvalue weighted by atomic mass is 35.5. The molecular formula is C26H19ClN4O5. The first-order valence-electron chi connectivity index (χ1n) is 11.2. The zero-order valence-corrected chi connectivity index (χ0v) is 20.1. The Hall–Kier alpha value is -4.37. The molecule has 3 amide bonds. The SMILES string of the molecule is CCCN1C(=O)C(=Nc2ccc(N3C(=O)c4ccc(Cl)cc4C3=O)c(C)c2)c2cc([N+](=O)[O-])ccc21. The number of amides is 3. The van der Waals surface area contributed by atoms with Gasteiger partial charge in [-0.05, 0) is 61.4 Å². The molecule has 5 rings (SSSR count). The van der Waals surface area contributed by atoms with Gasteiger partial charge in [-0.2, -0.15) is 0 Å². The number of aryl methyl sites for hydroxylation is 1. The molecule has 36 heavy (non-hydrogen) atoms. The molecule has 180 valence electrons. The van der Waals surface area contributed by atoms with Crippen LogP contribution in [0.4, 0.5) is 22.7 Å². The molecule has 0 radical (unpaired) electrons. The number of nitro groups is 1. The number of carbonyl (C=O) groups excluding carboxylic acids is 3. The zero-order chi connectivity index (χ0) is 25.7. The molecule has 0 aromatic heterocycles. The molecule has 0 atom stereocenters. The van der Waals surface area contributed by atoms with Gasteiger partial charge in [-0.15, -0.1) is 0 Å². The van der Waals surface area contributed by atoms with Gasteiger partial charge < -0.3 is 4.90 Å². The first-order chi connectivity index (χ1) is 17.2. The third kappa shape index (κ3) is 3.64. The summed E-state index contributed by atoms with van der Waals surface area (Å²) < 4.78 is 0. The minimum atomic E-state index is -0.515. The van der Waals surface area contributed by atoms with Crippen LogP contribution in [-0.4, -0.2) is 34.9 Å². The first-order valence-corrected chi connectivity index (χ1v) is 11.6. The van der Waals surface area contributed by atoms with Crippen molar-refractivity contribution in [3.63, 3.8) is 0 Å². The van der Waals surface area contributed by atoms with Gasteiger partial charge >= 0.3 is 0 Å². The predicted octanol–water partition coefficient (Wildman–Crippen LogP) is 5.23. The molecule has 2 aliphatic rings. The summed E-state index contributed by atoms with van der Waals surface area (Å²) in [6, 6.07) is 13.7. The minimum absolute atomic E-state index is 0.102. The number of hydrogen-bond donors (Lipinski definition) is 0. The Bertz CT molecular complexity index is 1530. The quantitative estimate of drug-likeness (QED) is 0.269. The van der Waals surface area contributed by atoms with Crippen LogP contribution >= 0.6 is 11.6 Å². The van der Waals surface area contributed by atoms with E-state index in [4.69, 9.17) is 11.6 Å². The molecule has 0 bridgehead atoms. The zero-order valence-electron chi connectivity index (χ0n) is 19.3. The van der Waals surface area contributed by atoms with Gasteiger partial charge in [0, 0.05) is 29.3 Å². The van der Waals surface area contributed by atoms with Crippen LogP contribution in [0.5, 0.6) is 0 Å². The van der Waals surface area contributed by atoms with Gasteiger partial charge in [0.25, 0.3) is 23.4 Å². The molecular weight excluding hydrogens is 484 g/mol. The van der Waals surface area contributed by atoms with Crippen molar-refractivity contribution in [3.05, 3.63) is 92.0 Å². The maximum absolute atomic E-state index is 13.2. The molecule has 2 aliphatic heterocycles. The van der Waals surface area contributed by atoms with Crippen molar-refractivity contribution in [2.24, 2.45) is 4.99 Å². The average Bonchev–Trinajstić information content (AvgIpc) is 3.24. The summed E-state index contributed by atoms with van der Waals surface area (Å²) in [5, 5.41) is 11.7. The van der Waals surface area contributed by atoms with Crippen molar-refractivity contribution >= 4 is 57.8 Å². The number of fused-ring (bicyclic) bond motifs is 2. The van der Waals surface area contributed by atoms with Crippen LogP contribution in [-0.2, 0) is 4.79 Å². The van der Waals surface area contributed by atoms with Crippen LogP contribution in [0.25, 0.3) is 0 Å². The standard InChI is InChI=1S/C26H19ClN4O5/c1-3-10-29-22-9-6-17(31(35)36)13-20(22)23(26(29)34)28-16-5-8-21(14(2)11-16)30-24(32)18-7-4-15(27)12-19(18)25(30)33/h4-9,11-13H,3,10H2,1-2H3. The average molecular weight is 503 g/mol. The monoisotopic (exact) mass is 502 g/mol. The van der Waals surface area contributed by atoms with E-state index in [2.05, 4.69) is 4.99 Å². The van der Waals surface area contributed by atoms with Gasteiger partial charge in [0.2, 0.25) is 0 Å². The lowest BCUT2D eigenvalue weighted by Crippen LogP contribution is -2.30. The van der Waals surface area contributed by atoms with Crippen molar-refractivity contribution in [3.8, 4) is 0 Å². The number of imide groups is 1. The molecule has 0 N–H and O–H groups in total.